The Bertz CT molecular complexity index is 2470. The third-order valence-electron chi connectivity index (χ3n) is 7.82. The molecule has 1 aliphatic rings. The monoisotopic (exact) mass is 665 g/mol. The van der Waals surface area contributed by atoms with Crippen LogP contribution in [0.1, 0.15) is 30.4 Å². The van der Waals surface area contributed by atoms with Gasteiger partial charge in [-0.25, -0.2) is 23.0 Å². The number of Topliss-reactive ketones (excluding diaryl/α,β-unsaturated/α-hetero) is 1. The van der Waals surface area contributed by atoms with E-state index in [0.29, 0.717) is 15.5 Å². The van der Waals surface area contributed by atoms with Crippen LogP contribution in [-0.4, -0.2) is 35.9 Å². The smallest absolute Gasteiger partial charge is 0.428 e. The van der Waals surface area contributed by atoms with E-state index < -0.39 is 32.9 Å². The molecule has 1 aliphatic heterocycles. The zero-order valence-corrected chi connectivity index (χ0v) is 26.4. The summed E-state index contributed by atoms with van der Waals surface area (Å²) in [5.41, 5.74) is -0.233. The van der Waals surface area contributed by atoms with Gasteiger partial charge in [0.05, 0.1) is 15.8 Å². The van der Waals surface area contributed by atoms with Crippen molar-refractivity contribution in [3.8, 4) is 22.9 Å². The van der Waals surface area contributed by atoms with E-state index in [2.05, 4.69) is 4.98 Å². The van der Waals surface area contributed by atoms with Crippen LogP contribution < -0.4 is 21.2 Å². The Labute approximate surface area is 272 Å². The molecule has 4 heterocycles. The SMILES string of the molecule is CC(=O)CC(c1ccccc1)c1c(O)c2ccccc2oc1=O.CN1c2c(oc(=O)n(-c3ccccn3)c2=O)-c2ccccc2S1(=O)=O. The second-order valence-electron chi connectivity index (χ2n) is 10.9. The minimum atomic E-state index is -3.93. The first-order valence-corrected chi connectivity index (χ1v) is 16.0. The number of hydrogen-bond acceptors (Lipinski definition) is 10. The van der Waals surface area contributed by atoms with Crippen molar-refractivity contribution in [2.75, 3.05) is 11.4 Å². The van der Waals surface area contributed by atoms with Crippen LogP contribution in [0.2, 0.25) is 0 Å². The first-order chi connectivity index (χ1) is 23.0. The van der Waals surface area contributed by atoms with Crippen LogP contribution in [0.5, 0.6) is 5.75 Å². The average molecular weight is 666 g/mol. The van der Waals surface area contributed by atoms with Gasteiger partial charge in [0.2, 0.25) is 0 Å². The van der Waals surface area contributed by atoms with Crippen molar-refractivity contribution in [2.24, 2.45) is 0 Å². The molecule has 1 unspecified atom stereocenters. The van der Waals surface area contributed by atoms with Gasteiger partial charge in [-0.2, -0.15) is 4.57 Å². The highest BCUT2D eigenvalue weighted by Gasteiger charge is 2.37. The third kappa shape index (κ3) is 5.60. The Morgan fingerprint density at radius 2 is 1.54 bits per heavy atom. The molecule has 0 amide bonds. The van der Waals surface area contributed by atoms with Crippen molar-refractivity contribution >= 4 is 32.5 Å². The number of carbonyl (C=O) groups is 1. The number of benzene rings is 3. The molecule has 7 rings (SSSR count). The lowest BCUT2D eigenvalue weighted by Gasteiger charge is -2.26. The number of ketones is 1. The quantitative estimate of drug-likeness (QED) is 0.257. The number of aromatic nitrogens is 2. The first kappa shape index (κ1) is 31.9. The van der Waals surface area contributed by atoms with Crippen LogP contribution in [0.4, 0.5) is 5.69 Å². The molecule has 3 aromatic heterocycles. The summed E-state index contributed by atoms with van der Waals surface area (Å²) in [5, 5.41) is 11.1. The summed E-state index contributed by atoms with van der Waals surface area (Å²) in [6, 6.07) is 26.7. The predicted octanol–water partition coefficient (Wildman–Crippen LogP) is 4.60. The Balaban J connectivity index is 0.000000168. The maximum Gasteiger partial charge on any atom is 0.428 e. The number of nitrogens with zero attached hydrogens (tertiary/aromatic N) is 3. The van der Waals surface area contributed by atoms with Gasteiger partial charge in [-0.05, 0) is 48.9 Å². The van der Waals surface area contributed by atoms with Crippen molar-refractivity contribution in [1.29, 1.82) is 0 Å². The second kappa shape index (κ2) is 12.6. The van der Waals surface area contributed by atoms with Gasteiger partial charge in [-0.15, -0.1) is 0 Å². The Morgan fingerprint density at radius 3 is 2.25 bits per heavy atom. The Kier molecular flexibility index (Phi) is 8.37. The molecule has 0 fully saturated rings. The third-order valence-corrected chi connectivity index (χ3v) is 9.63. The molecular formula is C35H27N3O9S. The van der Waals surface area contributed by atoms with Crippen LogP contribution in [0.25, 0.3) is 28.1 Å². The molecule has 1 N–H and O–H groups in total. The molecule has 6 aromatic rings. The van der Waals surface area contributed by atoms with E-state index in [4.69, 9.17) is 8.83 Å². The summed E-state index contributed by atoms with van der Waals surface area (Å²) in [6.07, 6.45) is 1.54. The predicted molar refractivity (Wildman–Crippen MR) is 177 cm³/mol. The van der Waals surface area contributed by atoms with Crippen molar-refractivity contribution in [2.45, 2.75) is 24.2 Å². The molecule has 242 valence electrons. The number of hydrogen-bond donors (Lipinski definition) is 1. The summed E-state index contributed by atoms with van der Waals surface area (Å²) >= 11 is 0. The average Bonchev–Trinajstić information content (AvgIpc) is 3.08. The van der Waals surface area contributed by atoms with Gasteiger partial charge in [-0.3, -0.25) is 13.9 Å². The number of para-hydroxylation sites is 1. The zero-order valence-electron chi connectivity index (χ0n) is 25.6. The number of anilines is 1. The summed E-state index contributed by atoms with van der Waals surface area (Å²) in [4.78, 5) is 53.3. The molecule has 0 spiro atoms. The molecule has 0 aliphatic carbocycles. The van der Waals surface area contributed by atoms with E-state index in [1.165, 1.54) is 38.4 Å². The fraction of sp³-hybridized carbons (Fsp3) is 0.114. The second-order valence-corrected chi connectivity index (χ2v) is 12.8. The topological polar surface area (TPSA) is 170 Å². The van der Waals surface area contributed by atoms with Gasteiger partial charge < -0.3 is 13.9 Å². The molecule has 48 heavy (non-hydrogen) atoms. The summed E-state index contributed by atoms with van der Waals surface area (Å²) in [6.45, 7) is 1.47. The van der Waals surface area contributed by atoms with Crippen molar-refractivity contribution in [1.82, 2.24) is 9.55 Å². The van der Waals surface area contributed by atoms with Gasteiger partial charge in [0, 0.05) is 31.1 Å². The lowest BCUT2D eigenvalue weighted by Crippen LogP contribution is -2.41. The van der Waals surface area contributed by atoms with E-state index in [1.54, 1.807) is 48.5 Å². The molecular weight excluding hydrogens is 638 g/mol. The molecule has 1 atom stereocenters. The number of rotatable bonds is 5. The number of carbonyl (C=O) groups excluding carboxylic acids is 1. The Morgan fingerprint density at radius 1 is 0.875 bits per heavy atom. The van der Waals surface area contributed by atoms with E-state index in [1.807, 2.05) is 30.3 Å². The van der Waals surface area contributed by atoms with E-state index in [9.17, 15) is 32.7 Å². The van der Waals surface area contributed by atoms with E-state index >= 15 is 0 Å². The minimum absolute atomic E-state index is 0.0249. The first-order valence-electron chi connectivity index (χ1n) is 14.6. The van der Waals surface area contributed by atoms with Crippen LogP contribution in [0.15, 0.2) is 131 Å². The molecule has 12 nitrogen and oxygen atoms in total. The zero-order chi connectivity index (χ0) is 34.2. The summed E-state index contributed by atoms with van der Waals surface area (Å²) in [7, 11) is -2.69. The fourth-order valence-corrected chi connectivity index (χ4v) is 6.96. The van der Waals surface area contributed by atoms with Gasteiger partial charge in [0.1, 0.15) is 22.9 Å². The maximum absolute atomic E-state index is 12.9. The Hall–Kier alpha value is -6.08. The summed E-state index contributed by atoms with van der Waals surface area (Å²) < 4.78 is 37.6. The maximum atomic E-state index is 12.9. The van der Waals surface area contributed by atoms with Crippen molar-refractivity contribution in [3.63, 3.8) is 0 Å². The van der Waals surface area contributed by atoms with Crippen molar-refractivity contribution < 1.29 is 27.2 Å². The van der Waals surface area contributed by atoms with Gasteiger partial charge in [0.25, 0.3) is 15.6 Å². The highest BCUT2D eigenvalue weighted by atomic mass is 32.2. The van der Waals surface area contributed by atoms with Crippen LogP contribution >= 0.6 is 0 Å². The summed E-state index contributed by atoms with van der Waals surface area (Å²) in [5.74, 6) is -1.68. The van der Waals surface area contributed by atoms with Crippen molar-refractivity contribution in [3.05, 3.63) is 146 Å². The molecule has 0 bridgehead atoms. The molecule has 0 saturated carbocycles. The molecule has 0 radical (unpaired) electrons. The van der Waals surface area contributed by atoms with Crippen LogP contribution in [0, 0.1) is 0 Å². The van der Waals surface area contributed by atoms with Gasteiger partial charge in [0.15, 0.2) is 11.4 Å². The van der Waals surface area contributed by atoms with E-state index in [0.717, 1.165) is 9.87 Å². The van der Waals surface area contributed by atoms with E-state index in [-0.39, 0.29) is 51.2 Å². The minimum Gasteiger partial charge on any atom is -0.507 e. The number of sulfonamides is 1. The normalized spacial score (nSPS) is 13.5. The van der Waals surface area contributed by atoms with Crippen LogP contribution in [0.3, 0.4) is 0 Å². The molecule has 13 heteroatoms. The lowest BCUT2D eigenvalue weighted by molar-refractivity contribution is -0.117. The number of fused-ring (bicyclic) bond motifs is 4. The van der Waals surface area contributed by atoms with Crippen LogP contribution in [-0.2, 0) is 14.8 Å². The van der Waals surface area contributed by atoms with Gasteiger partial charge in [-0.1, -0.05) is 60.7 Å². The largest absolute Gasteiger partial charge is 0.507 e. The number of aromatic hydroxyl groups is 1. The number of pyridine rings is 1. The highest BCUT2D eigenvalue weighted by Crippen LogP contribution is 2.39. The molecule has 3 aromatic carbocycles. The standard InChI is InChI=1S/C19H16O4.C16H11N3O5S/c1-12(20)11-15(13-7-3-2-4-8-13)17-18(21)14-9-5-6-10-16(14)23-19(17)22;1-18-13-14(10-6-2-3-7-11(10)25(18,22)23)24-16(21)19(15(13)20)12-8-4-5-9-17-12/h2-10,15,21H,11H2,1H3;2-9H,1H3. The molecule has 0 saturated heterocycles. The lowest BCUT2D eigenvalue weighted by atomic mass is 9.87. The van der Waals surface area contributed by atoms with Gasteiger partial charge >= 0.3 is 11.4 Å². The fourth-order valence-electron chi connectivity index (χ4n) is 5.57. The highest BCUT2D eigenvalue weighted by molar-refractivity contribution is 7.93.